The Bertz CT molecular complexity index is 679. The van der Waals surface area contributed by atoms with E-state index in [-0.39, 0.29) is 16.9 Å². The molecule has 1 aromatic carbocycles. The topological polar surface area (TPSA) is 51.4 Å². The molecule has 5 nitrogen and oxygen atoms in total. The maximum Gasteiger partial charge on any atom is 0.231 e. The molecule has 0 N–H and O–H groups in total. The van der Waals surface area contributed by atoms with Gasteiger partial charge in [0.2, 0.25) is 5.89 Å². The minimum atomic E-state index is -0.395. The average Bonchev–Trinajstić information content (AvgIpc) is 3.10. The summed E-state index contributed by atoms with van der Waals surface area (Å²) in [6.07, 6.45) is 0. The third kappa shape index (κ3) is 3.71. The first kappa shape index (κ1) is 16.4. The number of halogens is 2. The first-order valence-corrected chi connectivity index (χ1v) is 7.90. The molecule has 2 atom stereocenters. The van der Waals surface area contributed by atoms with Gasteiger partial charge in [0.1, 0.15) is 5.82 Å². The Morgan fingerprint density at radius 2 is 2.26 bits per heavy atom. The first-order chi connectivity index (χ1) is 11.1. The number of ether oxygens (including phenoxy) is 1. The zero-order valence-corrected chi connectivity index (χ0v) is 13.9. The number of aryl methyl sites for hydroxylation is 1. The molecule has 0 bridgehead atoms. The average molecular weight is 340 g/mol. The number of aromatic nitrogens is 2. The second-order valence-corrected chi connectivity index (χ2v) is 6.35. The van der Waals surface area contributed by atoms with Gasteiger partial charge in [-0.05, 0) is 24.6 Å². The Hall–Kier alpha value is -1.50. The van der Waals surface area contributed by atoms with Gasteiger partial charge >= 0.3 is 0 Å². The Morgan fingerprint density at radius 1 is 1.43 bits per heavy atom. The van der Waals surface area contributed by atoms with E-state index in [4.69, 9.17) is 20.9 Å². The zero-order valence-electron chi connectivity index (χ0n) is 13.1. The highest BCUT2D eigenvalue weighted by molar-refractivity contribution is 6.30. The van der Waals surface area contributed by atoms with E-state index in [1.54, 1.807) is 19.2 Å². The first-order valence-electron chi connectivity index (χ1n) is 7.52. The number of rotatable bonds is 5. The summed E-state index contributed by atoms with van der Waals surface area (Å²) in [5.74, 6) is 1.33. The van der Waals surface area contributed by atoms with E-state index in [1.807, 2.05) is 6.92 Å². The van der Waals surface area contributed by atoms with Gasteiger partial charge in [-0.1, -0.05) is 22.8 Å². The van der Waals surface area contributed by atoms with Crippen molar-refractivity contribution in [2.24, 2.45) is 5.92 Å². The summed E-state index contributed by atoms with van der Waals surface area (Å²) in [5, 5.41) is 4.03. The number of nitrogens with zero attached hydrogens (tertiary/aromatic N) is 3. The molecule has 0 saturated carbocycles. The number of benzene rings is 1. The lowest BCUT2D eigenvalue weighted by atomic mass is 9.97. The molecule has 2 aromatic rings. The molecule has 1 fully saturated rings. The normalized spacial score (nSPS) is 21.9. The maximum atomic E-state index is 13.3. The number of likely N-dealkylation sites (tertiary alicyclic amines) is 1. The van der Waals surface area contributed by atoms with Crippen LogP contribution in [0.3, 0.4) is 0 Å². The molecule has 124 valence electrons. The van der Waals surface area contributed by atoms with E-state index in [1.165, 1.54) is 6.07 Å². The maximum absolute atomic E-state index is 13.3. The summed E-state index contributed by atoms with van der Waals surface area (Å²) in [5.41, 5.74) is 0.981. The van der Waals surface area contributed by atoms with Crippen molar-refractivity contribution < 1.29 is 13.7 Å². The fourth-order valence-corrected chi connectivity index (χ4v) is 3.32. The molecule has 0 spiro atoms. The largest absolute Gasteiger partial charge is 0.384 e. The van der Waals surface area contributed by atoms with Crippen LogP contribution >= 0.6 is 11.6 Å². The van der Waals surface area contributed by atoms with Crippen molar-refractivity contribution >= 4 is 11.6 Å². The van der Waals surface area contributed by atoms with Crippen LogP contribution in [0.25, 0.3) is 0 Å². The molecule has 1 aromatic heterocycles. The third-order valence-corrected chi connectivity index (χ3v) is 4.44. The van der Waals surface area contributed by atoms with Crippen molar-refractivity contribution in [1.29, 1.82) is 0 Å². The Labute approximate surface area is 139 Å². The molecule has 0 radical (unpaired) electrons. The van der Waals surface area contributed by atoms with Crippen molar-refractivity contribution in [2.75, 3.05) is 26.8 Å². The fraction of sp³-hybridized carbons (Fsp3) is 0.500. The predicted octanol–water partition coefficient (Wildman–Crippen LogP) is 3.03. The highest BCUT2D eigenvalue weighted by atomic mass is 35.5. The summed E-state index contributed by atoms with van der Waals surface area (Å²) in [7, 11) is 1.69. The van der Waals surface area contributed by atoms with Gasteiger partial charge in [-0.15, -0.1) is 0 Å². The van der Waals surface area contributed by atoms with Crippen LogP contribution in [0.5, 0.6) is 0 Å². The van der Waals surface area contributed by atoms with Crippen LogP contribution in [0, 0.1) is 18.7 Å². The van der Waals surface area contributed by atoms with E-state index in [0.29, 0.717) is 24.9 Å². The van der Waals surface area contributed by atoms with E-state index >= 15 is 0 Å². The van der Waals surface area contributed by atoms with Crippen LogP contribution < -0.4 is 0 Å². The summed E-state index contributed by atoms with van der Waals surface area (Å²) in [4.78, 5) is 6.64. The smallest absolute Gasteiger partial charge is 0.231 e. The van der Waals surface area contributed by atoms with Crippen molar-refractivity contribution in [2.45, 2.75) is 19.4 Å². The Kier molecular flexibility index (Phi) is 4.94. The van der Waals surface area contributed by atoms with Gasteiger partial charge < -0.3 is 9.26 Å². The van der Waals surface area contributed by atoms with E-state index in [0.717, 1.165) is 18.7 Å². The van der Waals surface area contributed by atoms with Gasteiger partial charge in [0.05, 0.1) is 17.5 Å². The summed E-state index contributed by atoms with van der Waals surface area (Å²) in [6.45, 7) is 4.79. The van der Waals surface area contributed by atoms with E-state index < -0.39 is 5.82 Å². The predicted molar refractivity (Wildman–Crippen MR) is 83.8 cm³/mol. The van der Waals surface area contributed by atoms with E-state index in [9.17, 15) is 4.39 Å². The Balaban J connectivity index is 1.73. The molecule has 0 amide bonds. The summed E-state index contributed by atoms with van der Waals surface area (Å²) < 4.78 is 23.9. The quantitative estimate of drug-likeness (QED) is 0.838. The lowest BCUT2D eigenvalue weighted by Gasteiger charge is -2.15. The summed E-state index contributed by atoms with van der Waals surface area (Å²) in [6, 6.07) is 4.84. The van der Waals surface area contributed by atoms with Crippen molar-refractivity contribution in [3.63, 3.8) is 0 Å². The Morgan fingerprint density at radius 3 is 2.91 bits per heavy atom. The molecule has 0 aliphatic carbocycles. The number of methoxy groups -OCH3 is 1. The number of hydrogen-bond donors (Lipinski definition) is 0. The third-order valence-electron chi connectivity index (χ3n) is 4.15. The van der Waals surface area contributed by atoms with Crippen LogP contribution in [0.2, 0.25) is 5.02 Å². The SMILES string of the molecule is COC[C@@H]1CN(Cc2ccc(F)c(Cl)c2)C[C@H]1c1nc(C)no1. The molecule has 3 rings (SSSR count). The van der Waals surface area contributed by atoms with Crippen LogP contribution in [-0.2, 0) is 11.3 Å². The van der Waals surface area contributed by atoms with Gasteiger partial charge in [-0.2, -0.15) is 4.98 Å². The monoisotopic (exact) mass is 339 g/mol. The van der Waals surface area contributed by atoms with Crippen LogP contribution in [0.4, 0.5) is 4.39 Å². The van der Waals surface area contributed by atoms with Crippen LogP contribution in [0.1, 0.15) is 23.2 Å². The minimum Gasteiger partial charge on any atom is -0.384 e. The molecule has 0 unspecified atom stereocenters. The lowest BCUT2D eigenvalue weighted by molar-refractivity contribution is 0.142. The van der Waals surface area contributed by atoms with Gasteiger partial charge in [-0.25, -0.2) is 4.39 Å². The second kappa shape index (κ2) is 6.95. The van der Waals surface area contributed by atoms with Gasteiger partial charge in [0.15, 0.2) is 5.82 Å². The van der Waals surface area contributed by atoms with Crippen LogP contribution in [-0.4, -0.2) is 41.8 Å². The number of hydrogen-bond acceptors (Lipinski definition) is 5. The molecular formula is C16H19ClFN3O2. The highest BCUT2D eigenvalue weighted by Gasteiger charge is 2.37. The van der Waals surface area contributed by atoms with Gasteiger partial charge in [-0.3, -0.25) is 4.90 Å². The van der Waals surface area contributed by atoms with Crippen molar-refractivity contribution in [3.05, 3.63) is 46.3 Å². The lowest BCUT2D eigenvalue weighted by Crippen LogP contribution is -2.21. The van der Waals surface area contributed by atoms with E-state index in [2.05, 4.69) is 15.0 Å². The van der Waals surface area contributed by atoms with Gasteiger partial charge in [0.25, 0.3) is 0 Å². The van der Waals surface area contributed by atoms with Crippen molar-refractivity contribution in [3.8, 4) is 0 Å². The fourth-order valence-electron chi connectivity index (χ4n) is 3.11. The molecule has 23 heavy (non-hydrogen) atoms. The van der Waals surface area contributed by atoms with Gasteiger partial charge in [0, 0.05) is 32.7 Å². The standard InChI is InChI=1S/C16H19ClFN3O2/c1-10-19-16(23-20-10)13-8-21(7-12(13)9-22-2)6-11-3-4-15(18)14(17)5-11/h3-5,12-13H,6-9H2,1-2H3/t12-,13+/m0/s1. The molecular weight excluding hydrogens is 321 g/mol. The highest BCUT2D eigenvalue weighted by Crippen LogP contribution is 2.33. The summed E-state index contributed by atoms with van der Waals surface area (Å²) >= 11 is 5.86. The van der Waals surface area contributed by atoms with Crippen LogP contribution in [0.15, 0.2) is 22.7 Å². The minimum absolute atomic E-state index is 0.145. The molecule has 1 saturated heterocycles. The zero-order chi connectivity index (χ0) is 16.4. The van der Waals surface area contributed by atoms with Crippen molar-refractivity contribution in [1.82, 2.24) is 15.0 Å². The second-order valence-electron chi connectivity index (χ2n) is 5.94. The molecule has 1 aliphatic heterocycles. The molecule has 7 heteroatoms. The molecule has 1 aliphatic rings. The molecule has 2 heterocycles.